The number of carbonyl (C=O) groups is 1. The summed E-state index contributed by atoms with van der Waals surface area (Å²) in [5, 5.41) is 5.11. The van der Waals surface area contributed by atoms with Gasteiger partial charge in [0.25, 0.3) is 0 Å². The zero-order chi connectivity index (χ0) is 19.4. The van der Waals surface area contributed by atoms with Gasteiger partial charge < -0.3 is 14.0 Å². The van der Waals surface area contributed by atoms with Gasteiger partial charge >= 0.3 is 5.97 Å². The maximum absolute atomic E-state index is 12.1. The minimum Gasteiger partial charge on any atom is -0.503 e. The average Bonchev–Trinajstić information content (AvgIpc) is 3.15. The molecule has 0 saturated heterocycles. The summed E-state index contributed by atoms with van der Waals surface area (Å²) in [6.45, 7) is 0. The highest BCUT2D eigenvalue weighted by atomic mass is 35.5. The summed E-state index contributed by atoms with van der Waals surface area (Å²) in [6.07, 6.45) is 1.34. The zero-order valence-corrected chi connectivity index (χ0v) is 16.0. The summed E-state index contributed by atoms with van der Waals surface area (Å²) < 4.78 is 15.4. The standard InChI is InChI=1S/C20H15Cl2NO4/c1-25-11-16(20(24)26-2)13-5-3-4-6-14(13)18-10-19(27-23-18)15-8-7-12(21)9-17(15)22/h3-11H,1-2H3/b16-11-. The van der Waals surface area contributed by atoms with Crippen LogP contribution in [0.2, 0.25) is 10.0 Å². The van der Waals surface area contributed by atoms with E-state index in [4.69, 9.17) is 37.2 Å². The summed E-state index contributed by atoms with van der Waals surface area (Å²) in [7, 11) is 2.77. The van der Waals surface area contributed by atoms with Crippen molar-refractivity contribution >= 4 is 34.7 Å². The molecule has 3 rings (SSSR count). The van der Waals surface area contributed by atoms with Crippen LogP contribution in [0.1, 0.15) is 5.56 Å². The normalized spacial score (nSPS) is 11.3. The zero-order valence-electron chi connectivity index (χ0n) is 14.5. The Morgan fingerprint density at radius 2 is 1.85 bits per heavy atom. The molecule has 0 spiro atoms. The van der Waals surface area contributed by atoms with Gasteiger partial charge in [-0.25, -0.2) is 4.79 Å². The van der Waals surface area contributed by atoms with E-state index in [9.17, 15) is 4.79 Å². The Hall–Kier alpha value is -2.76. The van der Waals surface area contributed by atoms with Gasteiger partial charge in [-0.05, 0) is 18.2 Å². The number of ether oxygens (including phenoxy) is 2. The number of hydrogen-bond donors (Lipinski definition) is 0. The number of esters is 1. The van der Waals surface area contributed by atoms with E-state index in [0.29, 0.717) is 38.2 Å². The molecule has 0 fully saturated rings. The highest BCUT2D eigenvalue weighted by Gasteiger charge is 2.20. The molecule has 0 unspecified atom stereocenters. The lowest BCUT2D eigenvalue weighted by molar-refractivity contribution is -0.133. The fourth-order valence-electron chi connectivity index (χ4n) is 2.61. The second kappa shape index (κ2) is 8.29. The van der Waals surface area contributed by atoms with E-state index in [0.717, 1.165) is 0 Å². The number of aromatic nitrogens is 1. The van der Waals surface area contributed by atoms with E-state index >= 15 is 0 Å². The minimum absolute atomic E-state index is 0.268. The molecule has 27 heavy (non-hydrogen) atoms. The van der Waals surface area contributed by atoms with Crippen molar-refractivity contribution in [2.24, 2.45) is 0 Å². The first-order valence-corrected chi connectivity index (χ1v) is 8.64. The van der Waals surface area contributed by atoms with E-state index < -0.39 is 5.97 Å². The first kappa shape index (κ1) is 19.0. The molecule has 3 aromatic rings. The molecular weight excluding hydrogens is 389 g/mol. The molecule has 0 aliphatic rings. The van der Waals surface area contributed by atoms with Crippen LogP contribution in [-0.2, 0) is 14.3 Å². The molecule has 0 bridgehead atoms. The smallest absolute Gasteiger partial charge is 0.341 e. The van der Waals surface area contributed by atoms with E-state index in [-0.39, 0.29) is 5.57 Å². The molecule has 138 valence electrons. The van der Waals surface area contributed by atoms with E-state index in [1.807, 2.05) is 18.2 Å². The molecular formula is C20H15Cl2NO4. The van der Waals surface area contributed by atoms with Gasteiger partial charge in [-0.2, -0.15) is 0 Å². The topological polar surface area (TPSA) is 61.6 Å². The predicted molar refractivity (Wildman–Crippen MR) is 104 cm³/mol. The Morgan fingerprint density at radius 3 is 2.56 bits per heavy atom. The van der Waals surface area contributed by atoms with Crippen LogP contribution in [0.25, 0.3) is 28.2 Å². The van der Waals surface area contributed by atoms with Gasteiger partial charge in [0.15, 0.2) is 5.76 Å². The second-order valence-corrected chi connectivity index (χ2v) is 6.35. The van der Waals surface area contributed by atoms with Crippen molar-refractivity contribution in [3.63, 3.8) is 0 Å². The van der Waals surface area contributed by atoms with Crippen LogP contribution < -0.4 is 0 Å². The lowest BCUT2D eigenvalue weighted by atomic mass is 9.98. The van der Waals surface area contributed by atoms with Gasteiger partial charge in [-0.3, -0.25) is 0 Å². The third-order valence-corrected chi connectivity index (χ3v) is 4.39. The summed E-state index contributed by atoms with van der Waals surface area (Å²) in [4.78, 5) is 12.1. The van der Waals surface area contributed by atoms with Crippen molar-refractivity contribution < 1.29 is 18.8 Å². The van der Waals surface area contributed by atoms with Crippen molar-refractivity contribution in [3.05, 3.63) is 70.4 Å². The lowest BCUT2D eigenvalue weighted by Gasteiger charge is -2.09. The Balaban J connectivity index is 2.07. The minimum atomic E-state index is -0.520. The van der Waals surface area contributed by atoms with Crippen LogP contribution in [0, 0.1) is 0 Å². The average molecular weight is 404 g/mol. The van der Waals surface area contributed by atoms with Gasteiger partial charge in [0, 0.05) is 27.8 Å². The number of halogens is 2. The molecule has 5 nitrogen and oxygen atoms in total. The first-order valence-electron chi connectivity index (χ1n) is 7.88. The Morgan fingerprint density at radius 1 is 1.07 bits per heavy atom. The Kier molecular flexibility index (Phi) is 5.84. The second-order valence-electron chi connectivity index (χ2n) is 5.50. The molecule has 0 saturated carbocycles. The molecule has 0 aliphatic heterocycles. The van der Waals surface area contributed by atoms with Gasteiger partial charge in [-0.1, -0.05) is 52.6 Å². The van der Waals surface area contributed by atoms with Gasteiger partial charge in [0.2, 0.25) is 0 Å². The first-order chi connectivity index (χ1) is 13.0. The number of benzene rings is 2. The molecule has 0 N–H and O–H groups in total. The molecule has 0 amide bonds. The molecule has 1 aromatic heterocycles. The quantitative estimate of drug-likeness (QED) is 0.320. The van der Waals surface area contributed by atoms with Crippen molar-refractivity contribution in [1.82, 2.24) is 5.16 Å². The lowest BCUT2D eigenvalue weighted by Crippen LogP contribution is -2.05. The molecule has 2 aromatic carbocycles. The largest absolute Gasteiger partial charge is 0.503 e. The van der Waals surface area contributed by atoms with Gasteiger partial charge in [-0.15, -0.1) is 0 Å². The van der Waals surface area contributed by atoms with E-state index in [2.05, 4.69) is 5.16 Å². The third kappa shape index (κ3) is 3.99. The Bertz CT molecular complexity index is 1010. The summed E-state index contributed by atoms with van der Waals surface area (Å²) >= 11 is 12.2. The fraction of sp³-hybridized carbons (Fsp3) is 0.100. The number of methoxy groups -OCH3 is 2. The van der Waals surface area contributed by atoms with E-state index in [1.54, 1.807) is 30.3 Å². The van der Waals surface area contributed by atoms with Crippen LogP contribution in [0.3, 0.4) is 0 Å². The summed E-state index contributed by atoms with van der Waals surface area (Å²) in [6, 6.07) is 14.1. The number of hydrogen-bond acceptors (Lipinski definition) is 5. The Labute approximate surface area is 166 Å². The van der Waals surface area contributed by atoms with Crippen LogP contribution in [0.4, 0.5) is 0 Å². The number of nitrogens with zero attached hydrogens (tertiary/aromatic N) is 1. The number of rotatable bonds is 5. The predicted octanol–water partition coefficient (Wildman–Crippen LogP) is 5.48. The van der Waals surface area contributed by atoms with Gasteiger partial charge in [0.1, 0.15) is 11.3 Å². The van der Waals surface area contributed by atoms with Gasteiger partial charge in [0.05, 0.1) is 25.5 Å². The van der Waals surface area contributed by atoms with Crippen LogP contribution >= 0.6 is 23.2 Å². The van der Waals surface area contributed by atoms with Crippen molar-refractivity contribution in [3.8, 4) is 22.6 Å². The van der Waals surface area contributed by atoms with Crippen LogP contribution in [0.5, 0.6) is 0 Å². The van der Waals surface area contributed by atoms with Crippen molar-refractivity contribution in [2.45, 2.75) is 0 Å². The van der Waals surface area contributed by atoms with Crippen molar-refractivity contribution in [2.75, 3.05) is 14.2 Å². The monoisotopic (exact) mass is 403 g/mol. The van der Waals surface area contributed by atoms with Crippen LogP contribution in [0.15, 0.2) is 59.3 Å². The summed E-state index contributed by atoms with van der Waals surface area (Å²) in [5.74, 6) is -0.0365. The molecule has 1 heterocycles. The fourth-order valence-corrected chi connectivity index (χ4v) is 3.11. The van der Waals surface area contributed by atoms with Crippen LogP contribution in [-0.4, -0.2) is 25.3 Å². The summed E-state index contributed by atoms with van der Waals surface area (Å²) in [5.41, 5.74) is 2.76. The maximum Gasteiger partial charge on any atom is 0.341 e. The molecule has 0 radical (unpaired) electrons. The van der Waals surface area contributed by atoms with Crippen molar-refractivity contribution in [1.29, 1.82) is 0 Å². The highest BCUT2D eigenvalue weighted by Crippen LogP contribution is 2.35. The molecule has 0 atom stereocenters. The van der Waals surface area contributed by atoms with E-state index in [1.165, 1.54) is 20.5 Å². The molecule has 0 aliphatic carbocycles. The molecule has 7 heteroatoms. The highest BCUT2D eigenvalue weighted by molar-refractivity contribution is 6.36. The third-order valence-electron chi connectivity index (χ3n) is 3.84. The maximum atomic E-state index is 12.1. The number of carbonyl (C=O) groups excluding carboxylic acids is 1. The SMILES string of the molecule is CO/C=C(\C(=O)OC)c1ccccc1-c1cc(-c2ccc(Cl)cc2Cl)on1.